The SMILES string of the molecule is CCOC(=O)c1c(NC(=O)c2cc([N+](=O)[O-])cc([N+](=O)[O-])c2)sc(C(=O)Nc2cccc(Cl)c2)c1C. The highest BCUT2D eigenvalue weighted by Gasteiger charge is 2.28. The number of carbonyl (C=O) groups excluding carboxylic acids is 3. The summed E-state index contributed by atoms with van der Waals surface area (Å²) in [5, 5.41) is 27.7. The number of hydrogen-bond donors (Lipinski definition) is 2. The van der Waals surface area contributed by atoms with E-state index in [-0.39, 0.29) is 33.2 Å². The van der Waals surface area contributed by atoms with Crippen molar-refractivity contribution in [1.82, 2.24) is 0 Å². The van der Waals surface area contributed by atoms with E-state index in [1.807, 2.05) is 0 Å². The van der Waals surface area contributed by atoms with Crippen LogP contribution in [0.4, 0.5) is 22.1 Å². The van der Waals surface area contributed by atoms with Gasteiger partial charge in [0.2, 0.25) is 0 Å². The van der Waals surface area contributed by atoms with Gasteiger partial charge >= 0.3 is 5.97 Å². The molecule has 2 aromatic carbocycles. The van der Waals surface area contributed by atoms with Gasteiger partial charge in [0.1, 0.15) is 5.00 Å². The smallest absolute Gasteiger partial charge is 0.341 e. The van der Waals surface area contributed by atoms with Crippen LogP contribution >= 0.6 is 22.9 Å². The Kier molecular flexibility index (Phi) is 7.96. The van der Waals surface area contributed by atoms with Gasteiger partial charge in [-0.2, -0.15) is 0 Å². The first-order chi connectivity index (χ1) is 17.0. The number of benzene rings is 2. The average molecular weight is 533 g/mol. The molecule has 3 aromatic rings. The molecule has 0 fully saturated rings. The highest BCUT2D eigenvalue weighted by Crippen LogP contribution is 2.35. The summed E-state index contributed by atoms with van der Waals surface area (Å²) in [4.78, 5) is 59.1. The third kappa shape index (κ3) is 5.82. The van der Waals surface area contributed by atoms with Crippen LogP contribution in [0.5, 0.6) is 0 Å². The monoisotopic (exact) mass is 532 g/mol. The number of non-ortho nitro benzene ring substituents is 2. The second-order valence-corrected chi connectivity index (χ2v) is 8.61. The van der Waals surface area contributed by atoms with Crippen molar-refractivity contribution in [1.29, 1.82) is 0 Å². The van der Waals surface area contributed by atoms with E-state index >= 15 is 0 Å². The number of thiophene rings is 1. The minimum atomic E-state index is -0.963. The molecular formula is C22H17ClN4O8S. The van der Waals surface area contributed by atoms with Gasteiger partial charge in [0.05, 0.1) is 38.5 Å². The number of halogens is 1. The van der Waals surface area contributed by atoms with Crippen molar-refractivity contribution < 1.29 is 29.0 Å². The molecule has 0 aliphatic carbocycles. The molecule has 0 radical (unpaired) electrons. The molecule has 1 aromatic heterocycles. The second-order valence-electron chi connectivity index (χ2n) is 7.15. The van der Waals surface area contributed by atoms with Gasteiger partial charge < -0.3 is 15.4 Å². The van der Waals surface area contributed by atoms with E-state index in [4.69, 9.17) is 16.3 Å². The molecule has 3 rings (SSSR count). The largest absolute Gasteiger partial charge is 0.462 e. The van der Waals surface area contributed by atoms with E-state index in [1.165, 1.54) is 13.0 Å². The molecule has 12 nitrogen and oxygen atoms in total. The molecule has 0 atom stereocenters. The van der Waals surface area contributed by atoms with Crippen LogP contribution in [0.1, 0.15) is 42.9 Å². The summed E-state index contributed by atoms with van der Waals surface area (Å²) < 4.78 is 5.05. The average Bonchev–Trinajstić information content (AvgIpc) is 3.14. The number of amides is 2. The fourth-order valence-corrected chi connectivity index (χ4v) is 4.41. The second kappa shape index (κ2) is 10.9. The zero-order valence-electron chi connectivity index (χ0n) is 18.7. The first kappa shape index (κ1) is 26.2. The zero-order chi connectivity index (χ0) is 26.6. The van der Waals surface area contributed by atoms with Gasteiger partial charge in [-0.25, -0.2) is 4.79 Å². The van der Waals surface area contributed by atoms with E-state index < -0.39 is 39.0 Å². The Bertz CT molecular complexity index is 1370. The lowest BCUT2D eigenvalue weighted by Gasteiger charge is -2.07. The number of nitro benzene ring substituents is 2. The first-order valence-electron chi connectivity index (χ1n) is 10.1. The maximum Gasteiger partial charge on any atom is 0.341 e. The molecule has 186 valence electrons. The summed E-state index contributed by atoms with van der Waals surface area (Å²) in [6.45, 7) is 3.08. The topological polar surface area (TPSA) is 171 Å². The lowest BCUT2D eigenvalue weighted by molar-refractivity contribution is -0.394. The van der Waals surface area contributed by atoms with Crippen molar-refractivity contribution in [2.75, 3.05) is 17.2 Å². The Hall–Kier alpha value is -4.36. The minimum absolute atomic E-state index is 0.0165. The van der Waals surface area contributed by atoms with Crippen LogP contribution in [0.15, 0.2) is 42.5 Å². The highest BCUT2D eigenvalue weighted by atomic mass is 35.5. The third-order valence-electron chi connectivity index (χ3n) is 4.73. The van der Waals surface area contributed by atoms with Crippen molar-refractivity contribution in [2.45, 2.75) is 13.8 Å². The third-order valence-corrected chi connectivity index (χ3v) is 6.17. The summed E-state index contributed by atoms with van der Waals surface area (Å²) >= 11 is 6.72. The van der Waals surface area contributed by atoms with E-state index in [2.05, 4.69) is 10.6 Å². The van der Waals surface area contributed by atoms with Crippen LogP contribution in [0.3, 0.4) is 0 Å². The molecular weight excluding hydrogens is 516 g/mol. The molecule has 14 heteroatoms. The zero-order valence-corrected chi connectivity index (χ0v) is 20.3. The molecule has 0 unspecified atom stereocenters. The van der Waals surface area contributed by atoms with E-state index in [0.717, 1.165) is 23.5 Å². The molecule has 0 aliphatic rings. The Balaban J connectivity index is 2.01. The van der Waals surface area contributed by atoms with Crippen LogP contribution in [0.25, 0.3) is 0 Å². The summed E-state index contributed by atoms with van der Waals surface area (Å²) in [7, 11) is 0. The van der Waals surface area contributed by atoms with Crippen molar-refractivity contribution in [3.05, 3.63) is 89.3 Å². The van der Waals surface area contributed by atoms with Crippen LogP contribution in [0, 0.1) is 27.2 Å². The quantitative estimate of drug-likeness (QED) is 0.226. The summed E-state index contributed by atoms with van der Waals surface area (Å²) in [5.41, 5.74) is -1.19. The Morgan fingerprint density at radius 2 is 1.64 bits per heavy atom. The predicted octanol–water partition coefficient (Wildman–Crippen LogP) is 5.21. The van der Waals surface area contributed by atoms with Gasteiger partial charge in [-0.05, 0) is 37.6 Å². The van der Waals surface area contributed by atoms with Crippen molar-refractivity contribution in [3.63, 3.8) is 0 Å². The van der Waals surface area contributed by atoms with Crippen LogP contribution in [0.2, 0.25) is 5.02 Å². The molecule has 0 spiro atoms. The lowest BCUT2D eigenvalue weighted by atomic mass is 10.1. The van der Waals surface area contributed by atoms with E-state index in [1.54, 1.807) is 25.1 Å². The first-order valence-corrected chi connectivity index (χ1v) is 11.3. The van der Waals surface area contributed by atoms with Crippen LogP contribution in [-0.2, 0) is 4.74 Å². The molecule has 36 heavy (non-hydrogen) atoms. The Labute approximate surface area is 212 Å². The standard InChI is InChI=1S/C22H17ClN4O8S/c1-3-35-22(30)17-11(2)18(20(29)24-14-6-4-5-13(23)9-14)36-21(17)25-19(28)12-7-15(26(31)32)10-16(8-12)27(33)34/h4-10H,3H2,1-2H3,(H,24,29)(H,25,28). The molecule has 0 aliphatic heterocycles. The molecule has 0 bridgehead atoms. The van der Waals surface area contributed by atoms with Gasteiger partial charge in [-0.15, -0.1) is 11.3 Å². The van der Waals surface area contributed by atoms with E-state index in [0.29, 0.717) is 16.8 Å². The van der Waals surface area contributed by atoms with E-state index in [9.17, 15) is 34.6 Å². The van der Waals surface area contributed by atoms with Gasteiger partial charge in [0.15, 0.2) is 0 Å². The maximum absolute atomic E-state index is 12.9. The molecule has 2 N–H and O–H groups in total. The molecule has 1 heterocycles. The van der Waals surface area contributed by atoms with Crippen molar-refractivity contribution >= 4 is 62.8 Å². The number of ether oxygens (including phenoxy) is 1. The van der Waals surface area contributed by atoms with Gasteiger partial charge in [-0.3, -0.25) is 29.8 Å². The fraction of sp³-hybridized carbons (Fsp3) is 0.136. The molecule has 0 saturated carbocycles. The van der Waals surface area contributed by atoms with Crippen molar-refractivity contribution in [3.8, 4) is 0 Å². The van der Waals surface area contributed by atoms with Crippen LogP contribution < -0.4 is 10.6 Å². The number of carbonyl (C=O) groups is 3. The van der Waals surface area contributed by atoms with Crippen molar-refractivity contribution in [2.24, 2.45) is 0 Å². The molecule has 0 saturated heterocycles. The Morgan fingerprint density at radius 3 is 2.19 bits per heavy atom. The summed E-state index contributed by atoms with van der Waals surface area (Å²) in [5.74, 6) is -2.36. The maximum atomic E-state index is 12.9. The number of rotatable bonds is 8. The number of nitro groups is 2. The predicted molar refractivity (Wildman–Crippen MR) is 132 cm³/mol. The van der Waals surface area contributed by atoms with Crippen LogP contribution in [-0.4, -0.2) is 34.2 Å². The van der Waals surface area contributed by atoms with Gasteiger partial charge in [0, 0.05) is 22.8 Å². The fourth-order valence-electron chi connectivity index (χ4n) is 3.13. The van der Waals surface area contributed by atoms with Gasteiger partial charge in [0.25, 0.3) is 23.2 Å². The summed E-state index contributed by atoms with van der Waals surface area (Å²) in [6, 6.07) is 8.82. The number of esters is 1. The number of nitrogens with zero attached hydrogens (tertiary/aromatic N) is 2. The highest BCUT2D eigenvalue weighted by molar-refractivity contribution is 7.19. The normalized spacial score (nSPS) is 10.4. The Morgan fingerprint density at radius 1 is 1.00 bits per heavy atom. The number of nitrogens with one attached hydrogen (secondary N) is 2. The lowest BCUT2D eigenvalue weighted by Crippen LogP contribution is -2.15. The number of hydrogen-bond acceptors (Lipinski definition) is 9. The minimum Gasteiger partial charge on any atom is -0.462 e. The molecule has 2 amide bonds. The summed E-state index contributed by atoms with van der Waals surface area (Å²) in [6.07, 6.45) is 0. The number of anilines is 2. The van der Waals surface area contributed by atoms with Gasteiger partial charge in [-0.1, -0.05) is 17.7 Å².